The van der Waals surface area contributed by atoms with E-state index in [0.717, 1.165) is 0 Å². The highest BCUT2D eigenvalue weighted by Gasteiger charge is 2.34. The quantitative estimate of drug-likeness (QED) is 0.820. The molecule has 100 valence electrons. The van der Waals surface area contributed by atoms with E-state index in [1.807, 2.05) is 0 Å². The van der Waals surface area contributed by atoms with Crippen molar-refractivity contribution in [2.24, 2.45) is 5.92 Å². The average molecular weight is 261 g/mol. The van der Waals surface area contributed by atoms with Crippen molar-refractivity contribution in [3.8, 4) is 0 Å². The topological polar surface area (TPSA) is 74.7 Å². The zero-order chi connectivity index (χ0) is 14.0. The first-order chi connectivity index (χ1) is 9.00. The molecule has 0 radical (unpaired) electrons. The lowest BCUT2D eigenvalue weighted by Crippen LogP contribution is -2.31. The number of hydrogen-bond donors (Lipinski definition) is 1. The number of carbonyl (C=O) groups is 3. The fourth-order valence-corrected chi connectivity index (χ4v) is 2.19. The highest BCUT2D eigenvalue weighted by molar-refractivity contribution is 6.21. The van der Waals surface area contributed by atoms with Crippen LogP contribution in [0, 0.1) is 5.92 Å². The molecule has 1 aromatic rings. The van der Waals surface area contributed by atoms with E-state index in [9.17, 15) is 14.4 Å². The number of rotatable bonds is 5. The van der Waals surface area contributed by atoms with Gasteiger partial charge in [-0.05, 0) is 24.5 Å². The zero-order valence-electron chi connectivity index (χ0n) is 10.6. The zero-order valence-corrected chi connectivity index (χ0v) is 10.6. The van der Waals surface area contributed by atoms with Crippen molar-refractivity contribution in [2.45, 2.75) is 19.8 Å². The van der Waals surface area contributed by atoms with Crippen LogP contribution in [0.3, 0.4) is 0 Å². The van der Waals surface area contributed by atoms with Crippen molar-refractivity contribution < 1.29 is 19.5 Å². The summed E-state index contributed by atoms with van der Waals surface area (Å²) in [5.41, 5.74) is 0.858. The molecule has 0 spiro atoms. The van der Waals surface area contributed by atoms with E-state index in [-0.39, 0.29) is 30.7 Å². The summed E-state index contributed by atoms with van der Waals surface area (Å²) < 4.78 is 0. The summed E-state index contributed by atoms with van der Waals surface area (Å²) in [5, 5.41) is 8.67. The SMILES string of the molecule is CC(CCN1C(=O)c2ccccc2C1=O)CC(=O)O. The largest absolute Gasteiger partial charge is 0.481 e. The van der Waals surface area contributed by atoms with Crippen LogP contribution in [0.25, 0.3) is 0 Å². The smallest absolute Gasteiger partial charge is 0.303 e. The third-order valence-electron chi connectivity index (χ3n) is 3.25. The van der Waals surface area contributed by atoms with Gasteiger partial charge < -0.3 is 5.11 Å². The predicted octanol–water partition coefficient (Wildman–Crippen LogP) is 1.78. The van der Waals surface area contributed by atoms with Crippen LogP contribution in [0.2, 0.25) is 0 Å². The van der Waals surface area contributed by atoms with Crippen LogP contribution in [0.15, 0.2) is 24.3 Å². The molecule has 0 aromatic heterocycles. The lowest BCUT2D eigenvalue weighted by molar-refractivity contribution is -0.138. The summed E-state index contributed by atoms with van der Waals surface area (Å²) in [7, 11) is 0. The Kier molecular flexibility index (Phi) is 3.64. The van der Waals surface area contributed by atoms with Gasteiger partial charge in [0.05, 0.1) is 11.1 Å². The van der Waals surface area contributed by atoms with E-state index in [1.54, 1.807) is 31.2 Å². The molecule has 0 saturated carbocycles. The Labute approximate surface area is 110 Å². The number of benzene rings is 1. The molecule has 1 N–H and O–H groups in total. The van der Waals surface area contributed by atoms with Crippen molar-refractivity contribution >= 4 is 17.8 Å². The second kappa shape index (κ2) is 5.22. The number of aliphatic carboxylic acids is 1. The van der Waals surface area contributed by atoms with E-state index in [0.29, 0.717) is 17.5 Å². The highest BCUT2D eigenvalue weighted by atomic mass is 16.4. The molecule has 1 atom stereocenters. The number of amides is 2. The van der Waals surface area contributed by atoms with E-state index < -0.39 is 5.97 Å². The Bertz CT molecular complexity index is 503. The van der Waals surface area contributed by atoms with Gasteiger partial charge in [-0.1, -0.05) is 19.1 Å². The number of hydrogen-bond acceptors (Lipinski definition) is 3. The lowest BCUT2D eigenvalue weighted by atomic mass is 10.0. The van der Waals surface area contributed by atoms with Gasteiger partial charge in [-0.3, -0.25) is 19.3 Å². The van der Waals surface area contributed by atoms with Crippen LogP contribution < -0.4 is 0 Å². The predicted molar refractivity (Wildman–Crippen MR) is 67.8 cm³/mol. The number of nitrogens with zero attached hydrogens (tertiary/aromatic N) is 1. The first-order valence-corrected chi connectivity index (χ1v) is 6.17. The second-order valence-corrected chi connectivity index (χ2v) is 4.80. The molecule has 0 bridgehead atoms. The maximum atomic E-state index is 12.0. The maximum Gasteiger partial charge on any atom is 0.303 e. The molecule has 0 fully saturated rings. The number of fused-ring (bicyclic) bond motifs is 1. The fraction of sp³-hybridized carbons (Fsp3) is 0.357. The van der Waals surface area contributed by atoms with Crippen molar-refractivity contribution in [2.75, 3.05) is 6.54 Å². The van der Waals surface area contributed by atoms with Gasteiger partial charge in [0.15, 0.2) is 0 Å². The maximum absolute atomic E-state index is 12.0. The van der Waals surface area contributed by atoms with Gasteiger partial charge in [0, 0.05) is 13.0 Å². The molecule has 0 aliphatic carbocycles. The van der Waals surface area contributed by atoms with Gasteiger partial charge in [0.25, 0.3) is 11.8 Å². The molecular weight excluding hydrogens is 246 g/mol. The van der Waals surface area contributed by atoms with Gasteiger partial charge in [-0.25, -0.2) is 0 Å². The molecular formula is C14H15NO4. The van der Waals surface area contributed by atoms with Crippen LogP contribution in [0.4, 0.5) is 0 Å². The number of carboxylic acid groups (broad SMARTS) is 1. The summed E-state index contributed by atoms with van der Waals surface area (Å²) in [6.07, 6.45) is 0.543. The van der Waals surface area contributed by atoms with E-state index in [2.05, 4.69) is 0 Å². The van der Waals surface area contributed by atoms with Gasteiger partial charge in [0.2, 0.25) is 0 Å². The van der Waals surface area contributed by atoms with Gasteiger partial charge in [-0.15, -0.1) is 0 Å². The number of carbonyl (C=O) groups excluding carboxylic acids is 2. The van der Waals surface area contributed by atoms with Gasteiger partial charge >= 0.3 is 5.97 Å². The number of carboxylic acids is 1. The minimum absolute atomic E-state index is 0.0448. The van der Waals surface area contributed by atoms with Crippen LogP contribution in [-0.4, -0.2) is 34.3 Å². The average Bonchev–Trinajstić information content (AvgIpc) is 2.60. The van der Waals surface area contributed by atoms with E-state index >= 15 is 0 Å². The monoisotopic (exact) mass is 261 g/mol. The molecule has 1 unspecified atom stereocenters. The fourth-order valence-electron chi connectivity index (χ4n) is 2.19. The first kappa shape index (κ1) is 13.3. The third kappa shape index (κ3) is 2.65. The van der Waals surface area contributed by atoms with Crippen LogP contribution in [-0.2, 0) is 4.79 Å². The van der Waals surface area contributed by atoms with Gasteiger partial charge in [0.1, 0.15) is 0 Å². The number of imide groups is 1. The molecule has 1 aromatic carbocycles. The van der Waals surface area contributed by atoms with Crippen molar-refractivity contribution in [1.82, 2.24) is 4.90 Å². The van der Waals surface area contributed by atoms with Crippen LogP contribution in [0.1, 0.15) is 40.5 Å². The molecule has 2 rings (SSSR count). The molecule has 19 heavy (non-hydrogen) atoms. The van der Waals surface area contributed by atoms with Crippen LogP contribution >= 0.6 is 0 Å². The molecule has 0 saturated heterocycles. The summed E-state index contributed by atoms with van der Waals surface area (Å²) in [5.74, 6) is -1.51. The molecule has 5 heteroatoms. The molecule has 1 heterocycles. The third-order valence-corrected chi connectivity index (χ3v) is 3.25. The molecule has 1 aliphatic heterocycles. The van der Waals surface area contributed by atoms with E-state index in [4.69, 9.17) is 5.11 Å². The first-order valence-electron chi connectivity index (χ1n) is 6.17. The Balaban J connectivity index is 2.02. The second-order valence-electron chi connectivity index (χ2n) is 4.80. The summed E-state index contributed by atoms with van der Waals surface area (Å²) >= 11 is 0. The molecule has 2 amide bonds. The minimum Gasteiger partial charge on any atom is -0.481 e. The molecule has 5 nitrogen and oxygen atoms in total. The van der Waals surface area contributed by atoms with Crippen molar-refractivity contribution in [3.05, 3.63) is 35.4 Å². The van der Waals surface area contributed by atoms with Crippen LogP contribution in [0.5, 0.6) is 0 Å². The summed E-state index contributed by atoms with van der Waals surface area (Å²) in [6.45, 7) is 2.06. The summed E-state index contributed by atoms with van der Waals surface area (Å²) in [4.78, 5) is 35.8. The Morgan fingerprint density at radius 1 is 1.21 bits per heavy atom. The Morgan fingerprint density at radius 2 is 1.74 bits per heavy atom. The molecule has 1 aliphatic rings. The van der Waals surface area contributed by atoms with E-state index in [1.165, 1.54) is 4.90 Å². The van der Waals surface area contributed by atoms with Crippen molar-refractivity contribution in [3.63, 3.8) is 0 Å². The Hall–Kier alpha value is -2.17. The van der Waals surface area contributed by atoms with Crippen molar-refractivity contribution in [1.29, 1.82) is 0 Å². The standard InChI is InChI=1S/C14H15NO4/c1-9(8-12(16)17)6-7-15-13(18)10-4-2-3-5-11(10)14(15)19/h2-5,9H,6-8H2,1H3,(H,16,17). The van der Waals surface area contributed by atoms with Gasteiger partial charge in [-0.2, -0.15) is 0 Å². The Morgan fingerprint density at radius 3 is 2.21 bits per heavy atom. The normalized spacial score (nSPS) is 15.5. The highest BCUT2D eigenvalue weighted by Crippen LogP contribution is 2.23. The lowest BCUT2D eigenvalue weighted by Gasteiger charge is -2.16. The summed E-state index contributed by atoms with van der Waals surface area (Å²) in [6, 6.07) is 6.72. The minimum atomic E-state index is -0.866.